The zero-order chi connectivity index (χ0) is 14.4. The first-order valence-corrected chi connectivity index (χ1v) is 7.30. The molecule has 2 N–H and O–H groups in total. The van der Waals surface area contributed by atoms with E-state index in [2.05, 4.69) is 22.5 Å². The Kier molecular flexibility index (Phi) is 4.99. The van der Waals surface area contributed by atoms with Gasteiger partial charge >= 0.3 is 0 Å². The molecular weight excluding hydrogens is 253 g/mol. The minimum Gasteiger partial charge on any atom is -0.356 e. The molecule has 20 heavy (non-hydrogen) atoms. The molecule has 0 heterocycles. The van der Waals surface area contributed by atoms with Crippen LogP contribution in [0.5, 0.6) is 0 Å². The van der Waals surface area contributed by atoms with Crippen LogP contribution in [0.15, 0.2) is 29.3 Å². The fraction of sp³-hybridized carbons (Fsp3) is 0.562. The summed E-state index contributed by atoms with van der Waals surface area (Å²) in [4.78, 5) is 4.23. The highest BCUT2D eigenvalue weighted by Gasteiger charge is 2.28. The molecule has 0 spiro atoms. The normalized spacial score (nSPS) is 18.1. The third-order valence-corrected chi connectivity index (χ3v) is 4.09. The van der Waals surface area contributed by atoms with Gasteiger partial charge in [0.25, 0.3) is 0 Å². The van der Waals surface area contributed by atoms with Crippen molar-refractivity contribution in [1.82, 2.24) is 10.6 Å². The van der Waals surface area contributed by atoms with E-state index in [1.54, 1.807) is 19.2 Å². The summed E-state index contributed by atoms with van der Waals surface area (Å²) in [6.45, 7) is 3.94. The Bertz CT molecular complexity index is 447. The summed E-state index contributed by atoms with van der Waals surface area (Å²) in [6, 6.07) is 6.53. The van der Waals surface area contributed by atoms with Crippen LogP contribution >= 0.6 is 0 Å². The molecule has 1 aliphatic carbocycles. The first-order chi connectivity index (χ1) is 9.61. The van der Waals surface area contributed by atoms with Crippen molar-refractivity contribution in [3.05, 3.63) is 35.6 Å². The van der Waals surface area contributed by atoms with Crippen LogP contribution in [0.4, 0.5) is 4.39 Å². The molecular formula is C16H24FN3. The van der Waals surface area contributed by atoms with Crippen LogP contribution in [0.2, 0.25) is 0 Å². The number of aliphatic imine (C=N–C) groups is 1. The number of hydrogen-bond donors (Lipinski definition) is 2. The molecule has 1 fully saturated rings. The molecule has 0 radical (unpaired) electrons. The van der Waals surface area contributed by atoms with Gasteiger partial charge in [-0.25, -0.2) is 4.39 Å². The molecule has 4 heteroatoms. The lowest BCUT2D eigenvalue weighted by Gasteiger charge is -2.25. The molecule has 0 aromatic heterocycles. The molecule has 0 unspecified atom stereocenters. The molecule has 2 rings (SSSR count). The van der Waals surface area contributed by atoms with Gasteiger partial charge in [0.05, 0.1) is 0 Å². The van der Waals surface area contributed by atoms with Crippen LogP contribution in [0.25, 0.3) is 0 Å². The van der Waals surface area contributed by atoms with E-state index in [0.29, 0.717) is 12.0 Å². The maximum absolute atomic E-state index is 12.8. The third kappa shape index (κ3) is 4.22. The lowest BCUT2D eigenvalue weighted by molar-refractivity contribution is 0.334. The van der Waals surface area contributed by atoms with Gasteiger partial charge in [0.2, 0.25) is 0 Å². The zero-order valence-corrected chi connectivity index (χ0v) is 12.4. The maximum Gasteiger partial charge on any atom is 0.191 e. The summed E-state index contributed by atoms with van der Waals surface area (Å²) >= 11 is 0. The largest absolute Gasteiger partial charge is 0.356 e. The molecule has 0 amide bonds. The topological polar surface area (TPSA) is 36.4 Å². The molecule has 1 aliphatic rings. The van der Waals surface area contributed by atoms with Crippen LogP contribution in [0.3, 0.4) is 0 Å². The monoisotopic (exact) mass is 277 g/mol. The standard InChI is InChI=1S/C16H24FN3/c1-16(9-3-4-10-16)12-20-15(18-2)19-11-13-5-7-14(17)8-6-13/h5-8H,3-4,9-12H2,1-2H3,(H2,18,19,20). The molecule has 0 aliphatic heterocycles. The lowest BCUT2D eigenvalue weighted by Crippen LogP contribution is -2.41. The number of rotatable bonds is 4. The van der Waals surface area contributed by atoms with Gasteiger partial charge in [-0.15, -0.1) is 0 Å². The summed E-state index contributed by atoms with van der Waals surface area (Å²) in [7, 11) is 1.77. The SMILES string of the molecule is CN=C(NCc1ccc(F)cc1)NCC1(C)CCCC1. The number of halogens is 1. The quantitative estimate of drug-likeness (QED) is 0.655. The second-order valence-electron chi connectivity index (χ2n) is 5.92. The first kappa shape index (κ1) is 14.8. The number of nitrogens with zero attached hydrogens (tertiary/aromatic N) is 1. The van der Waals surface area contributed by atoms with Crippen molar-refractivity contribution in [1.29, 1.82) is 0 Å². The van der Waals surface area contributed by atoms with Crippen molar-refractivity contribution in [2.75, 3.05) is 13.6 Å². The van der Waals surface area contributed by atoms with Gasteiger partial charge in [-0.05, 0) is 36.0 Å². The zero-order valence-electron chi connectivity index (χ0n) is 12.4. The van der Waals surface area contributed by atoms with Gasteiger partial charge in [0.15, 0.2) is 5.96 Å². The molecule has 3 nitrogen and oxygen atoms in total. The van der Waals surface area contributed by atoms with Gasteiger partial charge in [-0.3, -0.25) is 4.99 Å². The average Bonchev–Trinajstić information content (AvgIpc) is 2.88. The molecule has 1 aromatic carbocycles. The highest BCUT2D eigenvalue weighted by Crippen LogP contribution is 2.36. The molecule has 0 saturated heterocycles. The predicted octanol–water partition coefficient (Wildman–Crippen LogP) is 3.07. The van der Waals surface area contributed by atoms with E-state index in [9.17, 15) is 4.39 Å². The molecule has 0 atom stereocenters. The van der Waals surface area contributed by atoms with Gasteiger partial charge in [0, 0.05) is 20.1 Å². The number of benzene rings is 1. The van der Waals surface area contributed by atoms with Gasteiger partial charge in [0.1, 0.15) is 5.82 Å². The van der Waals surface area contributed by atoms with Crippen molar-refractivity contribution >= 4 is 5.96 Å². The van der Waals surface area contributed by atoms with E-state index in [0.717, 1.165) is 18.1 Å². The van der Waals surface area contributed by atoms with Crippen LogP contribution in [0.1, 0.15) is 38.2 Å². The second-order valence-corrected chi connectivity index (χ2v) is 5.92. The second kappa shape index (κ2) is 6.73. The predicted molar refractivity (Wildman–Crippen MR) is 81.2 cm³/mol. The van der Waals surface area contributed by atoms with Crippen molar-refractivity contribution in [2.45, 2.75) is 39.2 Å². The van der Waals surface area contributed by atoms with E-state index in [1.807, 2.05) is 0 Å². The van der Waals surface area contributed by atoms with Gasteiger partial charge < -0.3 is 10.6 Å². The Labute approximate surface area is 120 Å². The lowest BCUT2D eigenvalue weighted by atomic mass is 9.89. The van der Waals surface area contributed by atoms with Gasteiger partial charge in [-0.2, -0.15) is 0 Å². The Hall–Kier alpha value is -1.58. The minimum absolute atomic E-state index is 0.203. The maximum atomic E-state index is 12.8. The van der Waals surface area contributed by atoms with E-state index in [1.165, 1.54) is 37.8 Å². The average molecular weight is 277 g/mol. The summed E-state index contributed by atoms with van der Waals surface area (Å²) in [5.41, 5.74) is 1.44. The van der Waals surface area contributed by atoms with E-state index in [-0.39, 0.29) is 5.82 Å². The van der Waals surface area contributed by atoms with Crippen LogP contribution in [-0.2, 0) is 6.54 Å². The first-order valence-electron chi connectivity index (χ1n) is 7.30. The van der Waals surface area contributed by atoms with Gasteiger partial charge in [-0.1, -0.05) is 31.9 Å². The fourth-order valence-corrected chi connectivity index (χ4v) is 2.71. The number of guanidine groups is 1. The van der Waals surface area contributed by atoms with Crippen LogP contribution < -0.4 is 10.6 Å². The van der Waals surface area contributed by atoms with Crippen molar-refractivity contribution < 1.29 is 4.39 Å². The highest BCUT2D eigenvalue weighted by atomic mass is 19.1. The Morgan fingerprint density at radius 1 is 1.20 bits per heavy atom. The summed E-state index contributed by atoms with van der Waals surface area (Å²) < 4.78 is 12.8. The van der Waals surface area contributed by atoms with Crippen LogP contribution in [0, 0.1) is 11.2 Å². The summed E-state index contributed by atoms with van der Waals surface area (Å²) in [5.74, 6) is 0.605. The Balaban J connectivity index is 1.79. The summed E-state index contributed by atoms with van der Waals surface area (Å²) in [5, 5.41) is 6.66. The molecule has 1 saturated carbocycles. The number of nitrogens with one attached hydrogen (secondary N) is 2. The molecule has 1 aromatic rings. The van der Waals surface area contributed by atoms with Crippen LogP contribution in [-0.4, -0.2) is 19.6 Å². The Morgan fingerprint density at radius 3 is 2.45 bits per heavy atom. The highest BCUT2D eigenvalue weighted by molar-refractivity contribution is 5.79. The van der Waals surface area contributed by atoms with E-state index < -0.39 is 0 Å². The van der Waals surface area contributed by atoms with Crippen molar-refractivity contribution in [2.24, 2.45) is 10.4 Å². The minimum atomic E-state index is -0.203. The molecule has 110 valence electrons. The Morgan fingerprint density at radius 2 is 1.85 bits per heavy atom. The van der Waals surface area contributed by atoms with Crippen molar-refractivity contribution in [3.8, 4) is 0 Å². The van der Waals surface area contributed by atoms with E-state index >= 15 is 0 Å². The fourth-order valence-electron chi connectivity index (χ4n) is 2.71. The smallest absolute Gasteiger partial charge is 0.191 e. The third-order valence-electron chi connectivity index (χ3n) is 4.09. The number of hydrogen-bond acceptors (Lipinski definition) is 1. The summed E-state index contributed by atoms with van der Waals surface area (Å²) in [6.07, 6.45) is 5.24. The van der Waals surface area contributed by atoms with E-state index in [4.69, 9.17) is 0 Å². The van der Waals surface area contributed by atoms with Crippen molar-refractivity contribution in [3.63, 3.8) is 0 Å². The molecule has 0 bridgehead atoms.